The highest BCUT2D eigenvalue weighted by molar-refractivity contribution is 5.81. The number of hydrogen-bond donors (Lipinski definition) is 1. The number of nitrogens with one attached hydrogen (secondary N) is 1. The maximum atomic E-state index is 12.1. The molecule has 1 N–H and O–H groups in total. The molecule has 92 valence electrons. The van der Waals surface area contributed by atoms with E-state index in [0.29, 0.717) is 5.91 Å². The molecular formula is C13H24N2O. The lowest BCUT2D eigenvalue weighted by atomic mass is 9.74. The Kier molecular flexibility index (Phi) is 3.53. The Morgan fingerprint density at radius 1 is 1.31 bits per heavy atom. The third-order valence-corrected chi connectivity index (χ3v) is 4.30. The zero-order chi connectivity index (χ0) is 11.6. The zero-order valence-corrected chi connectivity index (χ0v) is 10.6. The van der Waals surface area contributed by atoms with Gasteiger partial charge in [0.2, 0.25) is 5.91 Å². The highest BCUT2D eigenvalue weighted by Crippen LogP contribution is 2.35. The first-order valence-corrected chi connectivity index (χ1v) is 6.73. The fourth-order valence-corrected chi connectivity index (χ4v) is 2.94. The number of hydrogen-bond acceptors (Lipinski definition) is 2. The molecule has 0 bridgehead atoms. The van der Waals surface area contributed by atoms with Gasteiger partial charge in [-0.3, -0.25) is 4.79 Å². The fraction of sp³-hybridized carbons (Fsp3) is 0.923. The van der Waals surface area contributed by atoms with E-state index in [1.54, 1.807) is 0 Å². The standard InChI is InChI=1S/C13H24N2O/c1-3-13(7-6-8-13)14-11(2)12(16)15-9-4-5-10-15/h11,14H,3-10H2,1-2H3. The topological polar surface area (TPSA) is 32.3 Å². The van der Waals surface area contributed by atoms with E-state index in [9.17, 15) is 4.79 Å². The summed E-state index contributed by atoms with van der Waals surface area (Å²) < 4.78 is 0. The molecule has 1 unspecified atom stereocenters. The van der Waals surface area contributed by atoms with Gasteiger partial charge in [0.05, 0.1) is 6.04 Å². The molecule has 1 amide bonds. The SMILES string of the molecule is CCC1(NC(C)C(=O)N2CCCC2)CCC1. The molecular weight excluding hydrogens is 200 g/mol. The smallest absolute Gasteiger partial charge is 0.239 e. The van der Waals surface area contributed by atoms with Crippen LogP contribution in [0.1, 0.15) is 52.4 Å². The van der Waals surface area contributed by atoms with Gasteiger partial charge in [0.1, 0.15) is 0 Å². The summed E-state index contributed by atoms with van der Waals surface area (Å²) in [5, 5.41) is 3.56. The van der Waals surface area contributed by atoms with Crippen LogP contribution in [0.5, 0.6) is 0 Å². The second-order valence-electron chi connectivity index (χ2n) is 5.39. The molecule has 3 nitrogen and oxygen atoms in total. The number of likely N-dealkylation sites (tertiary alicyclic amines) is 1. The van der Waals surface area contributed by atoms with Crippen LogP contribution >= 0.6 is 0 Å². The van der Waals surface area contributed by atoms with Crippen molar-refractivity contribution in [2.75, 3.05) is 13.1 Å². The highest BCUT2D eigenvalue weighted by atomic mass is 16.2. The van der Waals surface area contributed by atoms with Crippen molar-refractivity contribution < 1.29 is 4.79 Å². The minimum Gasteiger partial charge on any atom is -0.341 e. The lowest BCUT2D eigenvalue weighted by Crippen LogP contribution is -2.57. The average Bonchev–Trinajstić information content (AvgIpc) is 2.75. The van der Waals surface area contributed by atoms with Crippen LogP contribution in [-0.2, 0) is 4.79 Å². The first-order chi connectivity index (χ1) is 7.67. The highest BCUT2D eigenvalue weighted by Gasteiger charge is 2.37. The molecule has 2 fully saturated rings. The first-order valence-electron chi connectivity index (χ1n) is 6.73. The van der Waals surface area contributed by atoms with Crippen molar-refractivity contribution in [1.29, 1.82) is 0 Å². The van der Waals surface area contributed by atoms with E-state index < -0.39 is 0 Å². The Balaban J connectivity index is 1.86. The van der Waals surface area contributed by atoms with Crippen LogP contribution in [0, 0.1) is 0 Å². The van der Waals surface area contributed by atoms with Crippen molar-refractivity contribution in [3.63, 3.8) is 0 Å². The van der Waals surface area contributed by atoms with Crippen molar-refractivity contribution in [3.05, 3.63) is 0 Å². The van der Waals surface area contributed by atoms with Gasteiger partial charge >= 0.3 is 0 Å². The fourth-order valence-electron chi connectivity index (χ4n) is 2.94. The normalized spacial score (nSPS) is 25.2. The molecule has 2 aliphatic rings. The second-order valence-corrected chi connectivity index (χ2v) is 5.39. The quantitative estimate of drug-likeness (QED) is 0.791. The van der Waals surface area contributed by atoms with Gasteiger partial charge in [0, 0.05) is 18.6 Å². The van der Waals surface area contributed by atoms with Gasteiger partial charge in [-0.15, -0.1) is 0 Å². The largest absolute Gasteiger partial charge is 0.341 e. The number of nitrogens with zero attached hydrogens (tertiary/aromatic N) is 1. The molecule has 2 rings (SSSR count). The summed E-state index contributed by atoms with van der Waals surface area (Å²) in [6, 6.07) is -0.00153. The van der Waals surface area contributed by atoms with Crippen molar-refractivity contribution in [2.45, 2.75) is 64.0 Å². The van der Waals surface area contributed by atoms with Gasteiger partial charge in [0.25, 0.3) is 0 Å². The third kappa shape index (κ3) is 2.24. The van der Waals surface area contributed by atoms with Crippen LogP contribution in [0.4, 0.5) is 0 Å². The number of carbonyl (C=O) groups is 1. The Hall–Kier alpha value is -0.570. The molecule has 0 aromatic carbocycles. The summed E-state index contributed by atoms with van der Waals surface area (Å²) in [5.74, 6) is 0.303. The third-order valence-electron chi connectivity index (χ3n) is 4.30. The van der Waals surface area contributed by atoms with Crippen molar-refractivity contribution in [1.82, 2.24) is 10.2 Å². The van der Waals surface area contributed by atoms with E-state index in [-0.39, 0.29) is 11.6 Å². The average molecular weight is 224 g/mol. The van der Waals surface area contributed by atoms with E-state index >= 15 is 0 Å². The zero-order valence-electron chi connectivity index (χ0n) is 10.6. The lowest BCUT2D eigenvalue weighted by molar-refractivity contribution is -0.132. The predicted octanol–water partition coefficient (Wildman–Crippen LogP) is 1.92. The van der Waals surface area contributed by atoms with Crippen LogP contribution in [0.3, 0.4) is 0 Å². The first kappa shape index (κ1) is 11.9. The molecule has 16 heavy (non-hydrogen) atoms. The van der Waals surface area contributed by atoms with Crippen LogP contribution in [0.2, 0.25) is 0 Å². The summed E-state index contributed by atoms with van der Waals surface area (Å²) in [4.78, 5) is 14.2. The Labute approximate surface area is 98.6 Å². The van der Waals surface area contributed by atoms with Crippen molar-refractivity contribution in [3.8, 4) is 0 Å². The van der Waals surface area contributed by atoms with E-state index in [1.807, 2.05) is 11.8 Å². The van der Waals surface area contributed by atoms with Gasteiger partial charge in [-0.2, -0.15) is 0 Å². The van der Waals surface area contributed by atoms with E-state index in [2.05, 4.69) is 12.2 Å². The molecule has 1 heterocycles. The molecule has 1 saturated carbocycles. The van der Waals surface area contributed by atoms with Gasteiger partial charge in [-0.25, -0.2) is 0 Å². The molecule has 0 spiro atoms. The number of amides is 1. The molecule has 0 aromatic heterocycles. The van der Waals surface area contributed by atoms with Gasteiger partial charge in [0.15, 0.2) is 0 Å². The summed E-state index contributed by atoms with van der Waals surface area (Å²) in [6.07, 6.45) is 7.28. The molecule has 1 aliphatic carbocycles. The summed E-state index contributed by atoms with van der Waals surface area (Å²) in [7, 11) is 0. The summed E-state index contributed by atoms with van der Waals surface area (Å²) in [6.45, 7) is 6.17. The summed E-state index contributed by atoms with van der Waals surface area (Å²) in [5.41, 5.74) is 0.273. The monoisotopic (exact) mass is 224 g/mol. The number of rotatable bonds is 4. The van der Waals surface area contributed by atoms with Gasteiger partial charge in [-0.05, 0) is 45.4 Å². The predicted molar refractivity (Wildman–Crippen MR) is 65.3 cm³/mol. The maximum Gasteiger partial charge on any atom is 0.239 e. The molecule has 3 heteroatoms. The van der Waals surface area contributed by atoms with Gasteiger partial charge < -0.3 is 10.2 Å². The van der Waals surface area contributed by atoms with E-state index in [4.69, 9.17) is 0 Å². The van der Waals surface area contributed by atoms with Crippen molar-refractivity contribution >= 4 is 5.91 Å². The second kappa shape index (κ2) is 4.74. The van der Waals surface area contributed by atoms with E-state index in [1.165, 1.54) is 32.1 Å². The molecule has 1 atom stereocenters. The number of carbonyl (C=O) groups excluding carboxylic acids is 1. The van der Waals surface area contributed by atoms with Crippen LogP contribution in [0.25, 0.3) is 0 Å². The lowest BCUT2D eigenvalue weighted by Gasteiger charge is -2.44. The van der Waals surface area contributed by atoms with Crippen LogP contribution < -0.4 is 5.32 Å². The van der Waals surface area contributed by atoms with Crippen LogP contribution in [0.15, 0.2) is 0 Å². The molecule has 1 saturated heterocycles. The molecule has 0 radical (unpaired) electrons. The van der Waals surface area contributed by atoms with E-state index in [0.717, 1.165) is 19.5 Å². The maximum absolute atomic E-state index is 12.1. The minimum atomic E-state index is -0.00153. The molecule has 0 aromatic rings. The molecule has 1 aliphatic heterocycles. The summed E-state index contributed by atoms with van der Waals surface area (Å²) >= 11 is 0. The van der Waals surface area contributed by atoms with Gasteiger partial charge in [-0.1, -0.05) is 6.92 Å². The Morgan fingerprint density at radius 3 is 2.38 bits per heavy atom. The Bertz CT molecular complexity index is 249. The van der Waals surface area contributed by atoms with Crippen molar-refractivity contribution in [2.24, 2.45) is 0 Å². The Morgan fingerprint density at radius 2 is 1.94 bits per heavy atom. The van der Waals surface area contributed by atoms with Crippen LogP contribution in [-0.4, -0.2) is 35.5 Å². The minimum absolute atomic E-state index is 0.00153.